The van der Waals surface area contributed by atoms with Crippen molar-refractivity contribution in [3.05, 3.63) is 29.3 Å². The number of aliphatic carboxylic acids is 1. The van der Waals surface area contributed by atoms with Crippen LogP contribution in [0.25, 0.3) is 0 Å². The monoisotopic (exact) mass is 368 g/mol. The second-order valence-electron chi connectivity index (χ2n) is 6.84. The Morgan fingerprint density at radius 3 is 2.60 bits per heavy atom. The molecule has 1 aromatic rings. The van der Waals surface area contributed by atoms with Crippen molar-refractivity contribution in [2.75, 3.05) is 18.0 Å². The molecule has 0 spiro atoms. The van der Waals surface area contributed by atoms with E-state index in [1.165, 1.54) is 9.80 Å². The lowest BCUT2D eigenvalue weighted by Gasteiger charge is -2.40. The third kappa shape index (κ3) is 5.09. The van der Waals surface area contributed by atoms with Gasteiger partial charge in [-0.15, -0.1) is 0 Å². The number of nitrogens with zero attached hydrogens (tertiary/aromatic N) is 2. The largest absolute Gasteiger partial charge is 0.481 e. The van der Waals surface area contributed by atoms with E-state index in [2.05, 4.69) is 0 Å². The third-order valence-electron chi connectivity index (χ3n) is 3.60. The molecule has 0 saturated carbocycles. The lowest BCUT2D eigenvalue weighted by atomic mass is 10.1. The molecule has 1 atom stereocenters. The van der Waals surface area contributed by atoms with Crippen molar-refractivity contribution >= 4 is 35.3 Å². The number of carboxylic acids is 1. The lowest BCUT2D eigenvalue weighted by molar-refractivity contribution is -0.139. The number of halogens is 1. The quantitative estimate of drug-likeness (QED) is 0.886. The Kier molecular flexibility index (Phi) is 5.57. The van der Waals surface area contributed by atoms with Gasteiger partial charge in [-0.2, -0.15) is 0 Å². The Hall–Kier alpha value is -2.28. The van der Waals surface area contributed by atoms with Crippen molar-refractivity contribution in [3.8, 4) is 0 Å². The van der Waals surface area contributed by atoms with Gasteiger partial charge in [-0.3, -0.25) is 14.5 Å². The topological polar surface area (TPSA) is 87.2 Å². The Bertz CT molecular complexity index is 686. The number of amides is 2. The number of rotatable bonds is 3. The molecule has 1 aliphatic rings. The molecule has 1 heterocycles. The van der Waals surface area contributed by atoms with Gasteiger partial charge < -0.3 is 14.7 Å². The molecule has 2 amide bonds. The summed E-state index contributed by atoms with van der Waals surface area (Å²) in [6.07, 6.45) is -0.985. The van der Waals surface area contributed by atoms with Crippen LogP contribution in [0.5, 0.6) is 0 Å². The highest BCUT2D eigenvalue weighted by atomic mass is 35.5. The normalized spacial score (nSPS) is 18.2. The van der Waals surface area contributed by atoms with Gasteiger partial charge in [-0.25, -0.2) is 4.79 Å². The van der Waals surface area contributed by atoms with Crippen LogP contribution in [-0.2, 0) is 14.3 Å². The molecule has 1 aromatic carbocycles. The van der Waals surface area contributed by atoms with Crippen molar-refractivity contribution in [2.45, 2.75) is 38.8 Å². The fraction of sp³-hybridized carbons (Fsp3) is 0.471. The average molecular weight is 369 g/mol. The molecule has 0 radical (unpaired) electrons. The van der Waals surface area contributed by atoms with E-state index < -0.39 is 23.7 Å². The average Bonchev–Trinajstić information content (AvgIpc) is 2.46. The summed E-state index contributed by atoms with van der Waals surface area (Å²) in [6.45, 7) is 4.94. The van der Waals surface area contributed by atoms with E-state index in [1.54, 1.807) is 45.0 Å². The van der Waals surface area contributed by atoms with Crippen LogP contribution in [-0.4, -0.2) is 52.7 Å². The van der Waals surface area contributed by atoms with Crippen LogP contribution >= 0.6 is 11.6 Å². The second-order valence-corrected chi connectivity index (χ2v) is 7.28. The van der Waals surface area contributed by atoms with Gasteiger partial charge in [-0.1, -0.05) is 17.7 Å². The van der Waals surface area contributed by atoms with E-state index in [0.717, 1.165) is 0 Å². The van der Waals surface area contributed by atoms with Crippen molar-refractivity contribution in [3.63, 3.8) is 0 Å². The third-order valence-corrected chi connectivity index (χ3v) is 3.83. The molecule has 25 heavy (non-hydrogen) atoms. The summed E-state index contributed by atoms with van der Waals surface area (Å²) in [6, 6.07) is 6.04. The Labute approximate surface area is 151 Å². The van der Waals surface area contributed by atoms with Crippen molar-refractivity contribution in [1.82, 2.24) is 4.90 Å². The number of benzene rings is 1. The standard InChI is InChI=1S/C17H21ClN2O5/c1-17(2,3)25-16(24)20-10-14(21)19(9-13(20)8-15(22)23)12-6-4-5-11(18)7-12/h4-7,13H,8-10H2,1-3H3,(H,22,23)/t13-/m0/s1. The number of carbonyl (C=O) groups is 3. The summed E-state index contributed by atoms with van der Waals surface area (Å²) in [5, 5.41) is 9.63. The van der Waals surface area contributed by atoms with Crippen LogP contribution in [0, 0.1) is 0 Å². The van der Waals surface area contributed by atoms with E-state index in [-0.39, 0.29) is 25.4 Å². The Balaban J connectivity index is 2.25. The summed E-state index contributed by atoms with van der Waals surface area (Å²) in [4.78, 5) is 38.7. The molecule has 7 nitrogen and oxygen atoms in total. The SMILES string of the molecule is CC(C)(C)OC(=O)N1CC(=O)N(c2cccc(Cl)c2)C[C@@H]1CC(=O)O. The molecular weight excluding hydrogens is 348 g/mol. The molecule has 0 aromatic heterocycles. The van der Waals surface area contributed by atoms with Gasteiger partial charge in [-0.05, 0) is 39.0 Å². The molecule has 1 saturated heterocycles. The first-order valence-corrected chi connectivity index (χ1v) is 8.22. The molecule has 1 N–H and O–H groups in total. The second kappa shape index (κ2) is 7.31. The zero-order valence-electron chi connectivity index (χ0n) is 14.4. The van der Waals surface area contributed by atoms with E-state index in [9.17, 15) is 14.4 Å². The maximum Gasteiger partial charge on any atom is 0.411 e. The molecule has 8 heteroatoms. The van der Waals surface area contributed by atoms with Crippen LogP contribution in [0.1, 0.15) is 27.2 Å². The zero-order chi connectivity index (χ0) is 18.8. The number of piperazine rings is 1. The first-order chi connectivity index (χ1) is 11.6. The molecule has 136 valence electrons. The molecular formula is C17H21ClN2O5. The van der Waals surface area contributed by atoms with Crippen molar-refractivity contribution in [1.29, 1.82) is 0 Å². The number of hydrogen-bond donors (Lipinski definition) is 1. The summed E-state index contributed by atoms with van der Waals surface area (Å²) >= 11 is 5.97. The van der Waals surface area contributed by atoms with Gasteiger partial charge >= 0.3 is 12.1 Å². The predicted molar refractivity (Wildman–Crippen MR) is 92.8 cm³/mol. The first-order valence-electron chi connectivity index (χ1n) is 7.84. The van der Waals surface area contributed by atoms with Crippen molar-refractivity contribution < 1.29 is 24.2 Å². The maximum absolute atomic E-state index is 12.5. The van der Waals surface area contributed by atoms with Crippen LogP contribution in [0.3, 0.4) is 0 Å². The summed E-state index contributed by atoms with van der Waals surface area (Å²) in [5.74, 6) is -1.38. The minimum Gasteiger partial charge on any atom is -0.481 e. The van der Waals surface area contributed by atoms with Crippen LogP contribution in [0.15, 0.2) is 24.3 Å². The molecule has 1 aliphatic heterocycles. The molecule has 0 bridgehead atoms. The maximum atomic E-state index is 12.5. The summed E-state index contributed by atoms with van der Waals surface area (Å²) in [5.41, 5.74) is -0.172. The van der Waals surface area contributed by atoms with Gasteiger partial charge in [0.05, 0.1) is 12.5 Å². The minimum absolute atomic E-state index is 0.0602. The predicted octanol–water partition coefficient (Wildman–Crippen LogP) is 2.77. The van der Waals surface area contributed by atoms with Crippen LogP contribution < -0.4 is 4.90 Å². The van der Waals surface area contributed by atoms with E-state index in [4.69, 9.17) is 21.4 Å². The highest BCUT2D eigenvalue weighted by Crippen LogP contribution is 2.25. The van der Waals surface area contributed by atoms with Crippen molar-refractivity contribution in [2.24, 2.45) is 0 Å². The molecule has 0 aliphatic carbocycles. The Morgan fingerprint density at radius 1 is 1.36 bits per heavy atom. The zero-order valence-corrected chi connectivity index (χ0v) is 15.1. The van der Waals surface area contributed by atoms with Gasteiger partial charge in [0, 0.05) is 17.3 Å². The fourth-order valence-corrected chi connectivity index (χ4v) is 2.76. The van der Waals surface area contributed by atoms with E-state index in [0.29, 0.717) is 10.7 Å². The van der Waals surface area contributed by atoms with Gasteiger partial charge in [0.15, 0.2) is 0 Å². The number of hydrogen-bond acceptors (Lipinski definition) is 4. The summed E-state index contributed by atoms with van der Waals surface area (Å²) < 4.78 is 5.30. The molecule has 1 fully saturated rings. The first kappa shape index (κ1) is 19.1. The Morgan fingerprint density at radius 2 is 2.04 bits per heavy atom. The van der Waals surface area contributed by atoms with E-state index in [1.807, 2.05) is 0 Å². The van der Waals surface area contributed by atoms with E-state index >= 15 is 0 Å². The number of ether oxygens (including phenoxy) is 1. The highest BCUT2D eigenvalue weighted by Gasteiger charge is 2.38. The summed E-state index contributed by atoms with van der Waals surface area (Å²) in [7, 11) is 0. The smallest absolute Gasteiger partial charge is 0.411 e. The lowest BCUT2D eigenvalue weighted by Crippen LogP contribution is -2.59. The number of anilines is 1. The minimum atomic E-state index is -1.06. The number of carboxylic acid groups (broad SMARTS) is 1. The molecule has 0 unspecified atom stereocenters. The van der Waals surface area contributed by atoms with Crippen LogP contribution in [0.4, 0.5) is 10.5 Å². The number of carbonyl (C=O) groups excluding carboxylic acids is 2. The van der Waals surface area contributed by atoms with Gasteiger partial charge in [0.2, 0.25) is 5.91 Å². The fourth-order valence-electron chi connectivity index (χ4n) is 2.58. The van der Waals surface area contributed by atoms with Gasteiger partial charge in [0.1, 0.15) is 12.1 Å². The highest BCUT2D eigenvalue weighted by molar-refractivity contribution is 6.30. The molecule has 2 rings (SSSR count). The van der Waals surface area contributed by atoms with Crippen LogP contribution in [0.2, 0.25) is 5.02 Å². The van der Waals surface area contributed by atoms with Gasteiger partial charge in [0.25, 0.3) is 0 Å².